The lowest BCUT2D eigenvalue weighted by molar-refractivity contribution is 0.101. The van der Waals surface area contributed by atoms with Gasteiger partial charge in [0, 0.05) is 46.7 Å². The molecule has 4 aromatic carbocycles. The predicted molar refractivity (Wildman–Crippen MR) is 170 cm³/mol. The summed E-state index contributed by atoms with van der Waals surface area (Å²) in [5.41, 5.74) is 7.86. The van der Waals surface area contributed by atoms with Crippen LogP contribution in [-0.2, 0) is 0 Å². The van der Waals surface area contributed by atoms with Gasteiger partial charge in [-0.05, 0) is 97.8 Å². The second-order valence-electron chi connectivity index (χ2n) is 10.6. The SMILES string of the molecule is O=C(Nc1ccc2c(cnn2-c2ccc(NC(=O)c3ccc4scnc4c3)cc2)c1)c1ccc(N2CCC(O)CC2)cc1. The molecule has 2 aromatic heterocycles. The largest absolute Gasteiger partial charge is 0.393 e. The number of anilines is 3. The zero-order valence-electron chi connectivity index (χ0n) is 23.1. The fourth-order valence-corrected chi connectivity index (χ4v) is 6.01. The van der Waals surface area contributed by atoms with E-state index in [1.54, 1.807) is 35.2 Å². The highest BCUT2D eigenvalue weighted by atomic mass is 32.1. The van der Waals surface area contributed by atoms with Crippen molar-refractivity contribution in [2.75, 3.05) is 28.6 Å². The summed E-state index contributed by atoms with van der Waals surface area (Å²) in [6, 6.07) is 26.3. The molecule has 10 heteroatoms. The molecule has 0 atom stereocenters. The van der Waals surface area contributed by atoms with Gasteiger partial charge in [0.15, 0.2) is 0 Å². The average molecular weight is 589 g/mol. The molecule has 0 saturated carbocycles. The van der Waals surface area contributed by atoms with Crippen LogP contribution in [0.25, 0.3) is 26.8 Å². The highest BCUT2D eigenvalue weighted by Crippen LogP contribution is 2.25. The molecule has 1 saturated heterocycles. The number of rotatable bonds is 6. The van der Waals surface area contributed by atoms with Gasteiger partial charge in [-0.1, -0.05) is 0 Å². The minimum absolute atomic E-state index is 0.184. The quantitative estimate of drug-likeness (QED) is 0.217. The van der Waals surface area contributed by atoms with E-state index in [4.69, 9.17) is 0 Å². The number of hydrogen-bond acceptors (Lipinski definition) is 7. The van der Waals surface area contributed by atoms with Crippen LogP contribution in [0.5, 0.6) is 0 Å². The molecule has 1 aliphatic rings. The number of aliphatic hydroxyl groups is 1. The minimum atomic E-state index is -0.220. The Morgan fingerprint density at radius 1 is 0.791 bits per heavy atom. The maximum Gasteiger partial charge on any atom is 0.255 e. The fraction of sp³-hybridized carbons (Fsp3) is 0.152. The van der Waals surface area contributed by atoms with Gasteiger partial charge in [-0.2, -0.15) is 5.10 Å². The molecule has 0 unspecified atom stereocenters. The molecule has 9 nitrogen and oxygen atoms in total. The van der Waals surface area contributed by atoms with E-state index < -0.39 is 0 Å². The van der Waals surface area contributed by atoms with E-state index >= 15 is 0 Å². The molecular weight excluding hydrogens is 560 g/mol. The van der Waals surface area contributed by atoms with Crippen molar-refractivity contribution in [2.45, 2.75) is 18.9 Å². The van der Waals surface area contributed by atoms with Crippen molar-refractivity contribution in [3.8, 4) is 5.69 Å². The number of fused-ring (bicyclic) bond motifs is 2. The number of nitrogens with one attached hydrogen (secondary N) is 2. The summed E-state index contributed by atoms with van der Waals surface area (Å²) in [6.45, 7) is 1.62. The van der Waals surface area contributed by atoms with E-state index in [0.717, 1.165) is 58.4 Å². The zero-order valence-corrected chi connectivity index (χ0v) is 23.9. The number of aliphatic hydroxyl groups excluding tert-OH is 1. The number of aromatic nitrogens is 3. The van der Waals surface area contributed by atoms with Gasteiger partial charge in [0.05, 0.1) is 39.2 Å². The van der Waals surface area contributed by atoms with Crippen molar-refractivity contribution in [3.63, 3.8) is 0 Å². The van der Waals surface area contributed by atoms with Crippen LogP contribution in [0.15, 0.2) is 96.6 Å². The first-order chi connectivity index (χ1) is 21.0. The molecule has 0 spiro atoms. The third kappa shape index (κ3) is 5.57. The fourth-order valence-electron chi connectivity index (χ4n) is 5.36. The number of carbonyl (C=O) groups is 2. The van der Waals surface area contributed by atoms with Crippen molar-refractivity contribution < 1.29 is 14.7 Å². The number of piperidine rings is 1. The van der Waals surface area contributed by atoms with E-state index in [9.17, 15) is 14.7 Å². The van der Waals surface area contributed by atoms with Gasteiger partial charge in [0.1, 0.15) is 0 Å². The second kappa shape index (κ2) is 11.3. The van der Waals surface area contributed by atoms with Gasteiger partial charge in [0.2, 0.25) is 0 Å². The Morgan fingerprint density at radius 3 is 2.26 bits per heavy atom. The van der Waals surface area contributed by atoms with E-state index in [2.05, 4.69) is 25.6 Å². The third-order valence-electron chi connectivity index (χ3n) is 7.75. The van der Waals surface area contributed by atoms with Crippen molar-refractivity contribution in [1.82, 2.24) is 14.8 Å². The first-order valence-corrected chi connectivity index (χ1v) is 15.0. The Bertz CT molecular complexity index is 1940. The monoisotopic (exact) mass is 588 g/mol. The number of amides is 2. The molecule has 3 N–H and O–H groups in total. The second-order valence-corrected chi connectivity index (χ2v) is 11.5. The molecular formula is C33H28N6O3S. The van der Waals surface area contributed by atoms with Crippen molar-refractivity contribution in [3.05, 3.63) is 108 Å². The third-order valence-corrected chi connectivity index (χ3v) is 8.56. The van der Waals surface area contributed by atoms with Crippen LogP contribution in [0.1, 0.15) is 33.6 Å². The van der Waals surface area contributed by atoms with Crippen LogP contribution in [0, 0.1) is 0 Å². The van der Waals surface area contributed by atoms with E-state index in [1.807, 2.05) is 77.5 Å². The number of hydrogen-bond donors (Lipinski definition) is 3. The Morgan fingerprint density at radius 2 is 1.47 bits per heavy atom. The van der Waals surface area contributed by atoms with Crippen molar-refractivity contribution in [1.29, 1.82) is 0 Å². The standard InChI is InChI=1S/C33H28N6O3S/c40-28-13-15-38(16-14-28)26-7-1-21(2-8-26)32(41)37-25-6-11-30-23(17-25)19-35-39(30)27-9-4-24(5-10-27)36-33(42)22-3-12-31-29(18-22)34-20-43-31/h1-12,17-20,28,40H,13-16H2,(H,36,42)(H,37,41). The Kier molecular flexibility index (Phi) is 7.06. The zero-order chi connectivity index (χ0) is 29.3. The summed E-state index contributed by atoms with van der Waals surface area (Å²) in [5, 5.41) is 21.1. The maximum absolute atomic E-state index is 12.9. The summed E-state index contributed by atoms with van der Waals surface area (Å²) < 4.78 is 2.86. The van der Waals surface area contributed by atoms with E-state index in [-0.39, 0.29) is 17.9 Å². The smallest absolute Gasteiger partial charge is 0.255 e. The number of carbonyl (C=O) groups excluding carboxylic acids is 2. The topological polar surface area (TPSA) is 112 Å². The van der Waals surface area contributed by atoms with Gasteiger partial charge < -0.3 is 20.6 Å². The van der Waals surface area contributed by atoms with Gasteiger partial charge in [-0.15, -0.1) is 11.3 Å². The van der Waals surface area contributed by atoms with Crippen molar-refractivity contribution >= 4 is 61.3 Å². The number of nitrogens with zero attached hydrogens (tertiary/aromatic N) is 4. The van der Waals surface area contributed by atoms with Crippen LogP contribution >= 0.6 is 11.3 Å². The average Bonchev–Trinajstić information content (AvgIpc) is 3.68. The molecule has 1 aliphatic heterocycles. The van der Waals surface area contributed by atoms with Crippen LogP contribution in [0.2, 0.25) is 0 Å². The minimum Gasteiger partial charge on any atom is -0.393 e. The Balaban J connectivity index is 1.01. The molecule has 1 fully saturated rings. The molecule has 7 rings (SSSR count). The summed E-state index contributed by atoms with van der Waals surface area (Å²) in [7, 11) is 0. The molecule has 2 amide bonds. The van der Waals surface area contributed by atoms with Crippen LogP contribution < -0.4 is 15.5 Å². The molecule has 3 heterocycles. The van der Waals surface area contributed by atoms with Crippen LogP contribution in [-0.4, -0.2) is 50.9 Å². The summed E-state index contributed by atoms with van der Waals surface area (Å²) in [4.78, 5) is 32.2. The highest BCUT2D eigenvalue weighted by molar-refractivity contribution is 7.16. The van der Waals surface area contributed by atoms with Gasteiger partial charge >= 0.3 is 0 Å². The highest BCUT2D eigenvalue weighted by Gasteiger charge is 2.18. The Hall–Kier alpha value is -5.06. The molecule has 0 radical (unpaired) electrons. The van der Waals surface area contributed by atoms with E-state index in [0.29, 0.717) is 22.5 Å². The van der Waals surface area contributed by atoms with Crippen molar-refractivity contribution in [2.24, 2.45) is 0 Å². The van der Waals surface area contributed by atoms with Gasteiger partial charge in [-0.25, -0.2) is 9.67 Å². The lowest BCUT2D eigenvalue weighted by Gasteiger charge is -2.31. The normalized spacial score (nSPS) is 13.8. The lowest BCUT2D eigenvalue weighted by Crippen LogP contribution is -2.35. The number of benzene rings is 4. The van der Waals surface area contributed by atoms with E-state index in [1.165, 1.54) is 0 Å². The maximum atomic E-state index is 12.9. The Labute approximate surface area is 251 Å². The molecule has 43 heavy (non-hydrogen) atoms. The molecule has 0 bridgehead atoms. The van der Waals surface area contributed by atoms with Gasteiger partial charge in [-0.3, -0.25) is 9.59 Å². The first kappa shape index (κ1) is 26.8. The predicted octanol–water partition coefficient (Wildman–Crippen LogP) is 6.10. The summed E-state index contributed by atoms with van der Waals surface area (Å²) in [6.07, 6.45) is 3.06. The molecule has 214 valence electrons. The number of thiazole rings is 1. The molecule has 0 aliphatic carbocycles. The summed E-state index contributed by atoms with van der Waals surface area (Å²) >= 11 is 1.54. The lowest BCUT2D eigenvalue weighted by atomic mass is 10.1. The van der Waals surface area contributed by atoms with Crippen LogP contribution in [0.4, 0.5) is 17.1 Å². The summed E-state index contributed by atoms with van der Waals surface area (Å²) in [5.74, 6) is -0.378. The first-order valence-electron chi connectivity index (χ1n) is 14.1. The van der Waals surface area contributed by atoms with Crippen LogP contribution in [0.3, 0.4) is 0 Å². The molecule has 6 aromatic rings. The van der Waals surface area contributed by atoms with Gasteiger partial charge in [0.25, 0.3) is 11.8 Å².